The molecule has 132 valence electrons. The number of benzene rings is 1. The van der Waals surface area contributed by atoms with Crippen molar-refractivity contribution < 1.29 is 9.53 Å². The van der Waals surface area contributed by atoms with Gasteiger partial charge in [-0.1, -0.05) is 17.7 Å². The number of methoxy groups -OCH3 is 1. The number of pyridine rings is 1. The van der Waals surface area contributed by atoms with Gasteiger partial charge in [0.15, 0.2) is 0 Å². The molecule has 1 fully saturated rings. The Kier molecular flexibility index (Phi) is 5.73. The van der Waals surface area contributed by atoms with Crippen molar-refractivity contribution in [3.05, 3.63) is 47.6 Å². The summed E-state index contributed by atoms with van der Waals surface area (Å²) in [6.45, 7) is 3.68. The van der Waals surface area contributed by atoms with E-state index in [-0.39, 0.29) is 5.91 Å². The quantitative estimate of drug-likeness (QED) is 0.887. The van der Waals surface area contributed by atoms with Gasteiger partial charge < -0.3 is 15.0 Å². The van der Waals surface area contributed by atoms with Crippen LogP contribution < -0.4 is 15.0 Å². The number of carbonyl (C=O) groups is 1. The molecule has 2 heterocycles. The zero-order valence-corrected chi connectivity index (χ0v) is 14.9. The van der Waals surface area contributed by atoms with Gasteiger partial charge in [-0.3, -0.25) is 9.69 Å². The van der Waals surface area contributed by atoms with Crippen LogP contribution in [0.15, 0.2) is 42.6 Å². The number of hydrogen-bond acceptors (Lipinski definition) is 5. The first kappa shape index (κ1) is 17.5. The second-order valence-corrected chi connectivity index (χ2v) is 6.28. The van der Waals surface area contributed by atoms with E-state index in [1.807, 2.05) is 18.2 Å². The Morgan fingerprint density at radius 3 is 2.72 bits per heavy atom. The number of ether oxygens (including phenoxy) is 1. The van der Waals surface area contributed by atoms with Crippen molar-refractivity contribution in [3.8, 4) is 5.75 Å². The highest BCUT2D eigenvalue weighted by molar-refractivity contribution is 6.31. The Morgan fingerprint density at radius 1 is 1.24 bits per heavy atom. The second kappa shape index (κ2) is 8.18. The third-order valence-corrected chi connectivity index (χ3v) is 4.38. The summed E-state index contributed by atoms with van der Waals surface area (Å²) in [6, 6.07) is 11.1. The van der Waals surface area contributed by atoms with Crippen LogP contribution in [0, 0.1) is 0 Å². The van der Waals surface area contributed by atoms with Gasteiger partial charge in [-0.15, -0.1) is 0 Å². The molecule has 6 nitrogen and oxygen atoms in total. The lowest BCUT2D eigenvalue weighted by molar-refractivity contribution is -0.117. The lowest BCUT2D eigenvalue weighted by Crippen LogP contribution is -2.48. The lowest BCUT2D eigenvalue weighted by atomic mass is 10.2. The van der Waals surface area contributed by atoms with E-state index in [9.17, 15) is 4.79 Å². The van der Waals surface area contributed by atoms with Crippen LogP contribution in [0.3, 0.4) is 0 Å². The second-order valence-electron chi connectivity index (χ2n) is 5.84. The number of rotatable bonds is 5. The minimum Gasteiger partial charge on any atom is -0.495 e. The molecule has 1 aromatic carbocycles. The molecule has 2 aromatic rings. The number of carbonyl (C=O) groups excluding carboxylic acids is 1. The van der Waals surface area contributed by atoms with Gasteiger partial charge in [0.25, 0.3) is 0 Å². The molecule has 0 aliphatic carbocycles. The number of anilines is 2. The summed E-state index contributed by atoms with van der Waals surface area (Å²) in [6.07, 6.45) is 1.80. The average molecular weight is 361 g/mol. The Balaban J connectivity index is 1.52. The van der Waals surface area contributed by atoms with Crippen LogP contribution in [0.5, 0.6) is 5.75 Å². The van der Waals surface area contributed by atoms with E-state index in [0.717, 1.165) is 32.0 Å². The molecule has 25 heavy (non-hydrogen) atoms. The van der Waals surface area contributed by atoms with Crippen molar-refractivity contribution in [2.24, 2.45) is 0 Å². The summed E-state index contributed by atoms with van der Waals surface area (Å²) >= 11 is 5.99. The summed E-state index contributed by atoms with van der Waals surface area (Å²) < 4.78 is 5.25. The normalized spacial score (nSPS) is 15.0. The SMILES string of the molecule is COc1ccc(Cl)cc1NC(=O)CN1CCN(c2ccccn2)CC1. The number of amides is 1. The van der Waals surface area contributed by atoms with Gasteiger partial charge in [0.2, 0.25) is 5.91 Å². The summed E-state index contributed by atoms with van der Waals surface area (Å²) in [7, 11) is 1.57. The van der Waals surface area contributed by atoms with E-state index in [1.54, 1.807) is 31.5 Å². The molecule has 0 radical (unpaired) electrons. The molecule has 0 spiro atoms. The number of piperazine rings is 1. The Hall–Kier alpha value is -2.31. The maximum Gasteiger partial charge on any atom is 0.238 e. The first-order valence-corrected chi connectivity index (χ1v) is 8.55. The van der Waals surface area contributed by atoms with E-state index in [1.165, 1.54) is 0 Å². The smallest absolute Gasteiger partial charge is 0.238 e. The van der Waals surface area contributed by atoms with Crippen molar-refractivity contribution in [1.29, 1.82) is 0 Å². The largest absolute Gasteiger partial charge is 0.495 e. The van der Waals surface area contributed by atoms with Gasteiger partial charge in [-0.05, 0) is 30.3 Å². The van der Waals surface area contributed by atoms with Gasteiger partial charge >= 0.3 is 0 Å². The first-order valence-electron chi connectivity index (χ1n) is 8.17. The van der Waals surface area contributed by atoms with Crippen LogP contribution in [0.2, 0.25) is 5.02 Å². The molecule has 1 aromatic heterocycles. The van der Waals surface area contributed by atoms with E-state index in [2.05, 4.69) is 20.1 Å². The fourth-order valence-electron chi connectivity index (χ4n) is 2.85. The van der Waals surface area contributed by atoms with Crippen LogP contribution in [-0.2, 0) is 4.79 Å². The summed E-state index contributed by atoms with van der Waals surface area (Å²) in [5, 5.41) is 3.43. The van der Waals surface area contributed by atoms with E-state index >= 15 is 0 Å². The molecule has 0 bridgehead atoms. The average Bonchev–Trinajstić information content (AvgIpc) is 2.63. The number of nitrogens with zero attached hydrogens (tertiary/aromatic N) is 3. The third-order valence-electron chi connectivity index (χ3n) is 4.15. The van der Waals surface area contributed by atoms with Gasteiger partial charge in [0.1, 0.15) is 11.6 Å². The van der Waals surface area contributed by atoms with Crippen LogP contribution in [-0.4, -0.2) is 55.6 Å². The number of hydrogen-bond donors (Lipinski definition) is 1. The monoisotopic (exact) mass is 360 g/mol. The van der Waals surface area contributed by atoms with Crippen molar-refractivity contribution in [2.75, 3.05) is 50.1 Å². The van der Waals surface area contributed by atoms with E-state index in [0.29, 0.717) is 23.0 Å². The van der Waals surface area contributed by atoms with E-state index in [4.69, 9.17) is 16.3 Å². The maximum absolute atomic E-state index is 12.3. The van der Waals surface area contributed by atoms with Crippen molar-refractivity contribution in [3.63, 3.8) is 0 Å². The van der Waals surface area contributed by atoms with Crippen molar-refractivity contribution in [1.82, 2.24) is 9.88 Å². The van der Waals surface area contributed by atoms with Gasteiger partial charge in [-0.25, -0.2) is 4.98 Å². The third kappa shape index (κ3) is 4.61. The van der Waals surface area contributed by atoms with E-state index < -0.39 is 0 Å². The fraction of sp³-hybridized carbons (Fsp3) is 0.333. The highest BCUT2D eigenvalue weighted by atomic mass is 35.5. The van der Waals surface area contributed by atoms with Gasteiger partial charge in [0.05, 0.1) is 19.3 Å². The zero-order valence-electron chi connectivity index (χ0n) is 14.1. The Labute approximate surface area is 152 Å². The molecule has 0 atom stereocenters. The van der Waals surface area contributed by atoms with Gasteiger partial charge in [0, 0.05) is 37.4 Å². The van der Waals surface area contributed by atoms with Crippen molar-refractivity contribution >= 4 is 29.0 Å². The highest BCUT2D eigenvalue weighted by Crippen LogP contribution is 2.27. The predicted molar refractivity (Wildman–Crippen MR) is 99.5 cm³/mol. The van der Waals surface area contributed by atoms with Crippen LogP contribution in [0.1, 0.15) is 0 Å². The molecular formula is C18H21ClN4O2. The highest BCUT2D eigenvalue weighted by Gasteiger charge is 2.20. The first-order chi connectivity index (χ1) is 12.2. The fourth-order valence-corrected chi connectivity index (χ4v) is 3.02. The molecule has 3 rings (SSSR count). The molecule has 0 saturated carbocycles. The summed E-state index contributed by atoms with van der Waals surface area (Å²) in [4.78, 5) is 21.1. The topological polar surface area (TPSA) is 57.7 Å². The Bertz CT molecular complexity index is 718. The number of halogens is 1. The maximum atomic E-state index is 12.3. The number of nitrogens with one attached hydrogen (secondary N) is 1. The molecule has 1 aliphatic heterocycles. The summed E-state index contributed by atoms with van der Waals surface area (Å²) in [5.41, 5.74) is 0.590. The van der Waals surface area contributed by atoms with Gasteiger partial charge in [-0.2, -0.15) is 0 Å². The van der Waals surface area contributed by atoms with Crippen LogP contribution in [0.4, 0.5) is 11.5 Å². The minimum atomic E-state index is -0.0770. The molecular weight excluding hydrogens is 340 g/mol. The molecule has 1 aliphatic rings. The number of aromatic nitrogens is 1. The van der Waals surface area contributed by atoms with Crippen LogP contribution in [0.25, 0.3) is 0 Å². The minimum absolute atomic E-state index is 0.0770. The molecule has 0 unspecified atom stereocenters. The van der Waals surface area contributed by atoms with Crippen LogP contribution >= 0.6 is 11.6 Å². The predicted octanol–water partition coefficient (Wildman–Crippen LogP) is 2.50. The standard InChI is InChI=1S/C18H21ClN4O2/c1-25-16-6-5-14(19)12-15(16)21-18(24)13-22-8-10-23(11-9-22)17-4-2-3-7-20-17/h2-7,12H,8-11,13H2,1H3,(H,21,24). The van der Waals surface area contributed by atoms with Crippen molar-refractivity contribution in [2.45, 2.75) is 0 Å². The lowest BCUT2D eigenvalue weighted by Gasteiger charge is -2.34. The zero-order chi connectivity index (χ0) is 17.6. The molecule has 1 N–H and O–H groups in total. The summed E-state index contributed by atoms with van der Waals surface area (Å²) in [5.74, 6) is 1.50. The molecule has 1 saturated heterocycles. The Morgan fingerprint density at radius 2 is 2.04 bits per heavy atom. The molecule has 1 amide bonds. The molecule has 7 heteroatoms.